The standard InChI is InChI=1S/C19H26O7/c1-2-3-4-5-10-25-18-17(22)16-14(24-11-9-13(21)12-20)7-6-8-15(16)26-19(18)23/h6-8,13,20-22H,2-5,9-12H2,1H3. The van der Waals surface area contributed by atoms with Crippen LogP contribution in [-0.4, -0.2) is 41.2 Å². The van der Waals surface area contributed by atoms with Crippen molar-refractivity contribution in [3.05, 3.63) is 28.6 Å². The van der Waals surface area contributed by atoms with Gasteiger partial charge >= 0.3 is 5.63 Å². The third-order valence-corrected chi connectivity index (χ3v) is 3.99. The highest BCUT2D eigenvalue weighted by atomic mass is 16.5. The van der Waals surface area contributed by atoms with Crippen LogP contribution in [0, 0.1) is 0 Å². The molecule has 0 saturated carbocycles. The lowest BCUT2D eigenvalue weighted by Crippen LogP contribution is -2.16. The number of aliphatic hydroxyl groups excluding tert-OH is 2. The van der Waals surface area contributed by atoms with Crippen LogP contribution in [0.2, 0.25) is 0 Å². The van der Waals surface area contributed by atoms with Crippen LogP contribution in [0.25, 0.3) is 11.0 Å². The fourth-order valence-corrected chi connectivity index (χ4v) is 2.53. The third-order valence-electron chi connectivity index (χ3n) is 3.99. The highest BCUT2D eigenvalue weighted by Gasteiger charge is 2.19. The number of fused-ring (bicyclic) bond motifs is 1. The molecule has 1 unspecified atom stereocenters. The first kappa shape index (κ1) is 20.1. The number of hydrogen-bond donors (Lipinski definition) is 3. The Hall–Kier alpha value is -2.25. The Morgan fingerprint density at radius 3 is 2.69 bits per heavy atom. The Morgan fingerprint density at radius 1 is 1.15 bits per heavy atom. The zero-order chi connectivity index (χ0) is 18.9. The van der Waals surface area contributed by atoms with Gasteiger partial charge in [0, 0.05) is 6.42 Å². The Labute approximate surface area is 151 Å². The van der Waals surface area contributed by atoms with Crippen molar-refractivity contribution < 1.29 is 29.2 Å². The number of aliphatic hydroxyl groups is 2. The fourth-order valence-electron chi connectivity index (χ4n) is 2.53. The monoisotopic (exact) mass is 366 g/mol. The van der Waals surface area contributed by atoms with Gasteiger partial charge in [-0.3, -0.25) is 0 Å². The summed E-state index contributed by atoms with van der Waals surface area (Å²) in [5.41, 5.74) is -0.551. The lowest BCUT2D eigenvalue weighted by molar-refractivity contribution is 0.0756. The molecule has 0 aliphatic carbocycles. The van der Waals surface area contributed by atoms with E-state index in [4.69, 9.17) is 19.0 Å². The van der Waals surface area contributed by atoms with E-state index >= 15 is 0 Å². The average molecular weight is 366 g/mol. The highest BCUT2D eigenvalue weighted by Crippen LogP contribution is 2.37. The minimum atomic E-state index is -0.876. The highest BCUT2D eigenvalue weighted by molar-refractivity contribution is 5.91. The van der Waals surface area contributed by atoms with Gasteiger partial charge in [-0.15, -0.1) is 0 Å². The molecular weight excluding hydrogens is 340 g/mol. The Balaban J connectivity index is 2.20. The summed E-state index contributed by atoms with van der Waals surface area (Å²) in [6, 6.07) is 4.81. The van der Waals surface area contributed by atoms with E-state index in [1.54, 1.807) is 18.2 Å². The summed E-state index contributed by atoms with van der Waals surface area (Å²) in [5.74, 6) is -0.227. The molecule has 7 heteroatoms. The molecule has 144 valence electrons. The van der Waals surface area contributed by atoms with E-state index in [0.29, 0.717) is 12.4 Å². The summed E-state index contributed by atoms with van der Waals surface area (Å²) in [6.07, 6.45) is 3.29. The number of benzene rings is 1. The first-order valence-electron chi connectivity index (χ1n) is 8.91. The summed E-state index contributed by atoms with van der Waals surface area (Å²) >= 11 is 0. The van der Waals surface area contributed by atoms with Crippen molar-refractivity contribution in [2.75, 3.05) is 19.8 Å². The first-order chi connectivity index (χ1) is 12.6. The van der Waals surface area contributed by atoms with Crippen molar-refractivity contribution in [3.63, 3.8) is 0 Å². The van der Waals surface area contributed by atoms with Crippen molar-refractivity contribution in [2.45, 2.75) is 45.1 Å². The lowest BCUT2D eigenvalue weighted by atomic mass is 10.2. The predicted octanol–water partition coefficient (Wildman–Crippen LogP) is 2.58. The van der Waals surface area contributed by atoms with E-state index in [1.165, 1.54) is 0 Å². The van der Waals surface area contributed by atoms with E-state index in [2.05, 4.69) is 6.92 Å². The molecule has 0 bridgehead atoms. The molecule has 2 rings (SSSR count). The minimum Gasteiger partial charge on any atom is -0.503 e. The maximum atomic E-state index is 12.1. The summed E-state index contributed by atoms with van der Waals surface area (Å²) in [6.45, 7) is 2.20. The van der Waals surface area contributed by atoms with Crippen LogP contribution in [0.4, 0.5) is 0 Å². The van der Waals surface area contributed by atoms with Gasteiger partial charge in [0.15, 0.2) is 5.75 Å². The SMILES string of the molecule is CCCCCCOc1c(O)c2c(OCCC(O)CO)cccc2oc1=O. The number of aromatic hydroxyl groups is 1. The fraction of sp³-hybridized carbons (Fsp3) is 0.526. The topological polar surface area (TPSA) is 109 Å². The zero-order valence-corrected chi connectivity index (χ0v) is 14.9. The molecule has 1 atom stereocenters. The maximum Gasteiger partial charge on any atom is 0.383 e. The second-order valence-corrected chi connectivity index (χ2v) is 6.08. The van der Waals surface area contributed by atoms with Crippen molar-refractivity contribution in [1.29, 1.82) is 0 Å². The van der Waals surface area contributed by atoms with Gasteiger partial charge in [-0.2, -0.15) is 0 Å². The number of rotatable bonds is 11. The largest absolute Gasteiger partial charge is 0.503 e. The Bertz CT molecular complexity index is 753. The molecule has 3 N–H and O–H groups in total. The number of ether oxygens (including phenoxy) is 2. The normalized spacial score (nSPS) is 12.3. The van der Waals surface area contributed by atoms with Crippen LogP contribution < -0.4 is 15.1 Å². The van der Waals surface area contributed by atoms with Crippen molar-refractivity contribution in [1.82, 2.24) is 0 Å². The minimum absolute atomic E-state index is 0.132. The van der Waals surface area contributed by atoms with Gasteiger partial charge in [-0.05, 0) is 18.6 Å². The zero-order valence-electron chi connectivity index (χ0n) is 14.9. The summed E-state index contributed by atoms with van der Waals surface area (Å²) in [4.78, 5) is 12.1. The van der Waals surface area contributed by atoms with Crippen LogP contribution in [0.3, 0.4) is 0 Å². The van der Waals surface area contributed by atoms with Crippen molar-refractivity contribution in [2.24, 2.45) is 0 Å². The van der Waals surface area contributed by atoms with Gasteiger partial charge in [0.05, 0.1) is 25.9 Å². The van der Waals surface area contributed by atoms with E-state index in [0.717, 1.165) is 25.7 Å². The van der Waals surface area contributed by atoms with Gasteiger partial charge in [-0.1, -0.05) is 32.3 Å². The van der Waals surface area contributed by atoms with Crippen molar-refractivity contribution in [3.8, 4) is 17.2 Å². The van der Waals surface area contributed by atoms with E-state index < -0.39 is 11.7 Å². The second kappa shape index (κ2) is 10.0. The molecule has 1 aromatic heterocycles. The molecule has 26 heavy (non-hydrogen) atoms. The van der Waals surface area contributed by atoms with Crippen LogP contribution in [0.15, 0.2) is 27.4 Å². The van der Waals surface area contributed by atoms with Crippen LogP contribution >= 0.6 is 0 Å². The molecule has 7 nitrogen and oxygen atoms in total. The van der Waals surface area contributed by atoms with Crippen LogP contribution in [0.5, 0.6) is 17.2 Å². The average Bonchev–Trinajstić information content (AvgIpc) is 2.63. The number of hydrogen-bond acceptors (Lipinski definition) is 7. The van der Waals surface area contributed by atoms with E-state index in [1.807, 2.05) is 0 Å². The van der Waals surface area contributed by atoms with Gasteiger partial charge in [-0.25, -0.2) is 4.79 Å². The smallest absolute Gasteiger partial charge is 0.383 e. The van der Waals surface area contributed by atoms with E-state index in [9.17, 15) is 15.0 Å². The summed E-state index contributed by atoms with van der Waals surface area (Å²) in [5, 5.41) is 29.0. The molecule has 0 aliphatic rings. The molecule has 0 spiro atoms. The van der Waals surface area contributed by atoms with Crippen LogP contribution in [0.1, 0.15) is 39.0 Å². The van der Waals surface area contributed by atoms with Gasteiger partial charge in [0.1, 0.15) is 16.7 Å². The molecular formula is C19H26O7. The molecule has 1 heterocycles. The second-order valence-electron chi connectivity index (χ2n) is 6.08. The molecule has 2 aromatic rings. The maximum absolute atomic E-state index is 12.1. The third kappa shape index (κ3) is 5.12. The quantitative estimate of drug-likeness (QED) is 0.414. The Morgan fingerprint density at radius 2 is 1.96 bits per heavy atom. The van der Waals surface area contributed by atoms with Gasteiger partial charge < -0.3 is 29.2 Å². The Kier molecular flexibility index (Phi) is 7.74. The molecule has 0 aliphatic heterocycles. The predicted molar refractivity (Wildman–Crippen MR) is 97.0 cm³/mol. The van der Waals surface area contributed by atoms with E-state index in [-0.39, 0.29) is 42.1 Å². The first-order valence-corrected chi connectivity index (χ1v) is 8.91. The summed E-state index contributed by atoms with van der Waals surface area (Å²) in [7, 11) is 0. The van der Waals surface area contributed by atoms with Crippen LogP contribution in [-0.2, 0) is 0 Å². The molecule has 0 radical (unpaired) electrons. The van der Waals surface area contributed by atoms with Gasteiger partial charge in [0.25, 0.3) is 0 Å². The van der Waals surface area contributed by atoms with Gasteiger partial charge in [0.2, 0.25) is 5.75 Å². The lowest BCUT2D eigenvalue weighted by Gasteiger charge is -2.13. The molecule has 0 saturated heterocycles. The van der Waals surface area contributed by atoms with Crippen molar-refractivity contribution >= 4 is 11.0 Å². The number of unbranched alkanes of at least 4 members (excludes halogenated alkanes) is 3. The molecule has 0 amide bonds. The molecule has 1 aromatic carbocycles. The molecule has 0 fully saturated rings. The summed E-state index contributed by atoms with van der Waals surface area (Å²) < 4.78 is 16.3.